The summed E-state index contributed by atoms with van der Waals surface area (Å²) in [6.45, 7) is 6.18. The third-order valence-electron chi connectivity index (χ3n) is 4.05. The Balaban J connectivity index is 1.85. The van der Waals surface area contributed by atoms with Crippen molar-refractivity contribution in [3.05, 3.63) is 16.1 Å². The molecule has 1 heterocycles. The molecule has 21 heavy (non-hydrogen) atoms. The summed E-state index contributed by atoms with van der Waals surface area (Å²) in [7, 11) is 1.91. The summed E-state index contributed by atoms with van der Waals surface area (Å²) >= 11 is 3.64. The number of thioether (sulfide) groups is 1. The zero-order chi connectivity index (χ0) is 15.4. The molecule has 1 fully saturated rings. The predicted octanol–water partition coefficient (Wildman–Crippen LogP) is 3.83. The Bertz CT molecular complexity index is 477. The minimum atomic E-state index is -0.0351. The molecule has 0 aliphatic heterocycles. The second-order valence-electron chi connectivity index (χ2n) is 5.62. The number of nitrogens with zero attached hydrogens (tertiary/aromatic N) is 2. The van der Waals surface area contributed by atoms with Gasteiger partial charge in [0.15, 0.2) is 0 Å². The Morgan fingerprint density at radius 3 is 3.00 bits per heavy atom. The Kier molecular flexibility index (Phi) is 5.93. The number of nitrogens with one attached hydrogen (secondary N) is 1. The van der Waals surface area contributed by atoms with Crippen molar-refractivity contribution in [2.24, 2.45) is 0 Å². The van der Waals surface area contributed by atoms with Gasteiger partial charge in [-0.25, -0.2) is 9.78 Å². The highest BCUT2D eigenvalue weighted by atomic mass is 32.2. The van der Waals surface area contributed by atoms with Crippen molar-refractivity contribution >= 4 is 29.1 Å². The van der Waals surface area contributed by atoms with E-state index in [1.165, 1.54) is 6.42 Å². The summed E-state index contributed by atoms with van der Waals surface area (Å²) in [4.78, 5) is 18.7. The summed E-state index contributed by atoms with van der Waals surface area (Å²) in [6, 6.07) is 0.353. The number of carbonyl (C=O) groups excluding carboxylic acids is 1. The van der Waals surface area contributed by atoms with Gasteiger partial charge in [-0.3, -0.25) is 0 Å². The molecule has 1 aliphatic carbocycles. The third-order valence-corrected chi connectivity index (χ3v) is 6.07. The monoisotopic (exact) mass is 327 g/mol. The maximum Gasteiger partial charge on any atom is 0.317 e. The number of carbonyl (C=O) groups is 1. The molecule has 0 aromatic carbocycles. The van der Waals surface area contributed by atoms with Crippen LogP contribution in [0.15, 0.2) is 5.38 Å². The normalized spacial score (nSPS) is 23.0. The highest BCUT2D eigenvalue weighted by molar-refractivity contribution is 7.99. The SMILES string of the molecule is CCS[C@@H]1CC[C@@H](N(C)C(=O)N[C@@H](C)c2csc(C)n2)C1. The molecule has 1 aromatic heterocycles. The molecule has 4 nitrogen and oxygen atoms in total. The van der Waals surface area contributed by atoms with Crippen LogP contribution in [0.3, 0.4) is 0 Å². The lowest BCUT2D eigenvalue weighted by Gasteiger charge is -2.26. The first-order chi connectivity index (χ1) is 10.0. The fourth-order valence-corrected chi connectivity index (χ4v) is 4.60. The first kappa shape index (κ1) is 16.6. The molecule has 0 saturated heterocycles. The fourth-order valence-electron chi connectivity index (χ4n) is 2.76. The standard InChI is InChI=1S/C15H25N3OS2/c1-5-20-13-7-6-12(8-13)18(4)15(19)16-10(2)14-9-21-11(3)17-14/h9-10,12-13H,5-8H2,1-4H3,(H,16,19)/t10-,12+,13+/m0/s1. The molecule has 1 aromatic rings. The molecule has 118 valence electrons. The third kappa shape index (κ3) is 4.36. The molecule has 0 unspecified atom stereocenters. The number of amides is 2. The zero-order valence-electron chi connectivity index (χ0n) is 13.3. The van der Waals surface area contributed by atoms with Crippen LogP contribution in [-0.2, 0) is 0 Å². The average molecular weight is 328 g/mol. The van der Waals surface area contributed by atoms with Gasteiger partial charge in [0.05, 0.1) is 16.7 Å². The molecule has 0 radical (unpaired) electrons. The number of hydrogen-bond donors (Lipinski definition) is 1. The maximum atomic E-state index is 12.4. The van der Waals surface area contributed by atoms with Gasteiger partial charge in [0.1, 0.15) is 0 Å². The average Bonchev–Trinajstić information content (AvgIpc) is 3.07. The van der Waals surface area contributed by atoms with E-state index in [9.17, 15) is 4.79 Å². The van der Waals surface area contributed by atoms with Crippen molar-refractivity contribution in [2.75, 3.05) is 12.8 Å². The molecule has 1 saturated carbocycles. The number of aromatic nitrogens is 1. The quantitative estimate of drug-likeness (QED) is 0.894. The Hall–Kier alpha value is -0.750. The lowest BCUT2D eigenvalue weighted by atomic mass is 10.2. The number of thiazole rings is 1. The second-order valence-corrected chi connectivity index (χ2v) is 8.26. The van der Waals surface area contributed by atoms with Gasteiger partial charge in [0, 0.05) is 23.7 Å². The van der Waals surface area contributed by atoms with Gasteiger partial charge in [-0.1, -0.05) is 6.92 Å². The number of hydrogen-bond acceptors (Lipinski definition) is 4. The van der Waals surface area contributed by atoms with Gasteiger partial charge in [0.2, 0.25) is 0 Å². The van der Waals surface area contributed by atoms with Gasteiger partial charge < -0.3 is 10.2 Å². The van der Waals surface area contributed by atoms with E-state index >= 15 is 0 Å². The minimum absolute atomic E-state index is 0.0142. The summed E-state index contributed by atoms with van der Waals surface area (Å²) in [5.74, 6) is 1.16. The van der Waals surface area contributed by atoms with Crippen molar-refractivity contribution in [2.45, 2.75) is 57.4 Å². The molecule has 3 atom stereocenters. The molecule has 0 spiro atoms. The predicted molar refractivity (Wildman–Crippen MR) is 91.1 cm³/mol. The smallest absolute Gasteiger partial charge is 0.317 e. The lowest BCUT2D eigenvalue weighted by molar-refractivity contribution is 0.187. The van der Waals surface area contributed by atoms with E-state index in [1.54, 1.807) is 11.3 Å². The van der Waals surface area contributed by atoms with E-state index in [1.807, 2.05) is 42.9 Å². The van der Waals surface area contributed by atoms with Crippen molar-refractivity contribution in [3.63, 3.8) is 0 Å². The van der Waals surface area contributed by atoms with Gasteiger partial charge in [0.25, 0.3) is 0 Å². The summed E-state index contributed by atoms with van der Waals surface area (Å²) in [5, 5.41) is 6.83. The van der Waals surface area contributed by atoms with E-state index in [4.69, 9.17) is 0 Å². The first-order valence-electron chi connectivity index (χ1n) is 7.58. The summed E-state index contributed by atoms with van der Waals surface area (Å²) in [5.41, 5.74) is 0.949. The lowest BCUT2D eigenvalue weighted by Crippen LogP contribution is -2.43. The van der Waals surface area contributed by atoms with Gasteiger partial charge in [-0.05, 0) is 38.9 Å². The van der Waals surface area contributed by atoms with Gasteiger partial charge >= 0.3 is 6.03 Å². The number of urea groups is 1. The summed E-state index contributed by atoms with van der Waals surface area (Å²) < 4.78 is 0. The van der Waals surface area contributed by atoms with Crippen molar-refractivity contribution < 1.29 is 4.79 Å². The van der Waals surface area contributed by atoms with E-state index in [0.717, 1.165) is 29.3 Å². The van der Waals surface area contributed by atoms with Crippen LogP contribution in [0, 0.1) is 6.92 Å². The largest absolute Gasteiger partial charge is 0.330 e. The van der Waals surface area contributed by atoms with Crippen LogP contribution >= 0.6 is 23.1 Å². The van der Waals surface area contributed by atoms with Crippen molar-refractivity contribution in [3.8, 4) is 0 Å². The number of rotatable bonds is 5. The highest BCUT2D eigenvalue weighted by Crippen LogP contribution is 2.32. The van der Waals surface area contributed by atoms with Gasteiger partial charge in [-0.15, -0.1) is 11.3 Å². The fraction of sp³-hybridized carbons (Fsp3) is 0.733. The zero-order valence-corrected chi connectivity index (χ0v) is 14.9. The molecule has 6 heteroatoms. The van der Waals surface area contributed by atoms with E-state index in [-0.39, 0.29) is 12.1 Å². The van der Waals surface area contributed by atoms with Crippen LogP contribution in [0.2, 0.25) is 0 Å². The highest BCUT2D eigenvalue weighted by Gasteiger charge is 2.30. The van der Waals surface area contributed by atoms with E-state index < -0.39 is 0 Å². The topological polar surface area (TPSA) is 45.2 Å². The van der Waals surface area contributed by atoms with Crippen LogP contribution in [0.4, 0.5) is 4.79 Å². The van der Waals surface area contributed by atoms with Crippen LogP contribution in [0.1, 0.15) is 49.9 Å². The molecular formula is C15H25N3OS2. The summed E-state index contributed by atoms with van der Waals surface area (Å²) in [6.07, 6.45) is 3.46. The first-order valence-corrected chi connectivity index (χ1v) is 9.51. The molecule has 0 bridgehead atoms. The molecule has 2 rings (SSSR count). The van der Waals surface area contributed by atoms with Gasteiger partial charge in [-0.2, -0.15) is 11.8 Å². The Morgan fingerprint density at radius 1 is 1.62 bits per heavy atom. The Labute approximate surface area is 135 Å². The number of aryl methyl sites for hydroxylation is 1. The Morgan fingerprint density at radius 2 is 2.38 bits per heavy atom. The van der Waals surface area contributed by atoms with Crippen LogP contribution in [0.5, 0.6) is 0 Å². The van der Waals surface area contributed by atoms with Crippen LogP contribution in [0.25, 0.3) is 0 Å². The minimum Gasteiger partial charge on any atom is -0.330 e. The van der Waals surface area contributed by atoms with E-state index in [0.29, 0.717) is 11.3 Å². The molecule has 1 aliphatic rings. The van der Waals surface area contributed by atoms with Crippen LogP contribution in [-0.4, -0.2) is 40.0 Å². The van der Waals surface area contributed by atoms with E-state index in [2.05, 4.69) is 17.2 Å². The molecular weight excluding hydrogens is 302 g/mol. The van der Waals surface area contributed by atoms with Crippen LogP contribution < -0.4 is 5.32 Å². The maximum absolute atomic E-state index is 12.4. The van der Waals surface area contributed by atoms with Crippen molar-refractivity contribution in [1.82, 2.24) is 15.2 Å². The second kappa shape index (κ2) is 7.49. The molecule has 2 amide bonds. The van der Waals surface area contributed by atoms with Crippen molar-refractivity contribution in [1.29, 1.82) is 0 Å². The molecule has 1 N–H and O–H groups in total.